The first-order valence-corrected chi connectivity index (χ1v) is 5.70. The van der Waals surface area contributed by atoms with Crippen molar-refractivity contribution >= 4 is 5.97 Å². The highest BCUT2D eigenvalue weighted by Gasteiger charge is 2.17. The van der Waals surface area contributed by atoms with Crippen molar-refractivity contribution in [2.24, 2.45) is 0 Å². The molecule has 5 heteroatoms. The molecule has 2 rings (SSSR count). The summed E-state index contributed by atoms with van der Waals surface area (Å²) in [6.07, 6.45) is 0. The molecule has 2 aromatic rings. The van der Waals surface area contributed by atoms with Gasteiger partial charge in [0.05, 0.1) is 6.61 Å². The van der Waals surface area contributed by atoms with Crippen molar-refractivity contribution in [3.05, 3.63) is 35.2 Å². The van der Waals surface area contributed by atoms with Crippen molar-refractivity contribution in [2.45, 2.75) is 20.8 Å². The van der Waals surface area contributed by atoms with Crippen LogP contribution in [0.15, 0.2) is 22.6 Å². The lowest BCUT2D eigenvalue weighted by Crippen LogP contribution is -2.04. The second-order valence-electron chi connectivity index (χ2n) is 3.95. The zero-order valence-electron chi connectivity index (χ0n) is 10.6. The van der Waals surface area contributed by atoms with Crippen molar-refractivity contribution in [1.29, 1.82) is 0 Å². The molecule has 5 nitrogen and oxygen atoms in total. The first kappa shape index (κ1) is 12.3. The molecule has 1 heterocycles. The molecule has 0 amide bonds. The number of nitrogens with zero attached hydrogens (tertiary/aromatic N) is 2. The number of benzene rings is 1. The molecule has 1 aromatic carbocycles. The van der Waals surface area contributed by atoms with Crippen molar-refractivity contribution in [3.63, 3.8) is 0 Å². The van der Waals surface area contributed by atoms with Crippen LogP contribution in [-0.4, -0.2) is 22.8 Å². The van der Waals surface area contributed by atoms with E-state index in [2.05, 4.69) is 10.2 Å². The molecule has 0 aliphatic carbocycles. The first-order valence-electron chi connectivity index (χ1n) is 5.70. The minimum atomic E-state index is -0.596. The third kappa shape index (κ3) is 2.40. The molecule has 0 aliphatic heterocycles. The van der Waals surface area contributed by atoms with E-state index >= 15 is 0 Å². The minimum Gasteiger partial charge on any atom is -0.459 e. The second kappa shape index (κ2) is 5.00. The quantitative estimate of drug-likeness (QED) is 0.778. The number of carbonyl (C=O) groups is 1. The van der Waals surface area contributed by atoms with Crippen molar-refractivity contribution in [1.82, 2.24) is 10.2 Å². The summed E-state index contributed by atoms with van der Waals surface area (Å²) >= 11 is 0. The summed E-state index contributed by atoms with van der Waals surface area (Å²) in [5.74, 6) is -0.381. The van der Waals surface area contributed by atoms with Crippen LogP contribution in [0.4, 0.5) is 0 Å². The van der Waals surface area contributed by atoms with Crippen LogP contribution in [0.5, 0.6) is 0 Å². The maximum atomic E-state index is 11.4. The van der Waals surface area contributed by atoms with Gasteiger partial charge in [0.1, 0.15) is 0 Å². The van der Waals surface area contributed by atoms with Crippen LogP contribution in [0, 0.1) is 13.8 Å². The Hall–Kier alpha value is -2.17. The molecule has 0 aliphatic rings. The first-order chi connectivity index (χ1) is 8.61. The molecule has 0 radical (unpaired) electrons. The fraction of sp³-hybridized carbons (Fsp3) is 0.308. The Morgan fingerprint density at radius 1 is 1.33 bits per heavy atom. The van der Waals surface area contributed by atoms with E-state index in [0.29, 0.717) is 5.89 Å². The lowest BCUT2D eigenvalue weighted by atomic mass is 10.1. The van der Waals surface area contributed by atoms with Crippen LogP contribution in [0.1, 0.15) is 28.7 Å². The summed E-state index contributed by atoms with van der Waals surface area (Å²) in [6.45, 7) is 5.93. The highest BCUT2D eigenvalue weighted by atomic mass is 16.5. The van der Waals surface area contributed by atoms with Gasteiger partial charge in [-0.05, 0) is 32.4 Å². The average Bonchev–Trinajstić information content (AvgIpc) is 2.82. The average molecular weight is 246 g/mol. The minimum absolute atomic E-state index is 0.118. The Morgan fingerprint density at radius 3 is 2.83 bits per heavy atom. The molecule has 0 unspecified atom stereocenters. The Kier molecular flexibility index (Phi) is 3.41. The maximum Gasteiger partial charge on any atom is 0.396 e. The standard InChI is InChI=1S/C13H14N2O3/c1-4-17-13(16)12-15-14-11(18-12)10-7-8(2)5-6-9(10)3/h5-7H,4H2,1-3H3. The topological polar surface area (TPSA) is 65.2 Å². The van der Waals surface area contributed by atoms with Gasteiger partial charge >= 0.3 is 11.9 Å². The number of rotatable bonds is 3. The zero-order chi connectivity index (χ0) is 13.1. The van der Waals surface area contributed by atoms with Crippen LogP contribution in [0.25, 0.3) is 11.5 Å². The molecule has 0 saturated heterocycles. The molecule has 0 saturated carbocycles. The second-order valence-corrected chi connectivity index (χ2v) is 3.95. The van der Waals surface area contributed by atoms with Crippen LogP contribution < -0.4 is 0 Å². The summed E-state index contributed by atoms with van der Waals surface area (Å²) < 4.78 is 10.1. The normalized spacial score (nSPS) is 10.4. The van der Waals surface area contributed by atoms with Crippen LogP contribution in [0.3, 0.4) is 0 Å². The molecule has 0 bridgehead atoms. The van der Waals surface area contributed by atoms with Gasteiger partial charge in [-0.1, -0.05) is 17.7 Å². The van der Waals surface area contributed by atoms with E-state index in [0.717, 1.165) is 16.7 Å². The lowest BCUT2D eigenvalue weighted by molar-refractivity contribution is 0.0481. The molecule has 1 aromatic heterocycles. The van der Waals surface area contributed by atoms with Crippen molar-refractivity contribution in [3.8, 4) is 11.5 Å². The third-order valence-electron chi connectivity index (χ3n) is 2.50. The summed E-state index contributed by atoms with van der Waals surface area (Å²) in [6, 6.07) is 5.91. The summed E-state index contributed by atoms with van der Waals surface area (Å²) in [4.78, 5) is 11.4. The number of hydrogen-bond donors (Lipinski definition) is 0. The van der Waals surface area contributed by atoms with Gasteiger partial charge in [0, 0.05) is 5.56 Å². The van der Waals surface area contributed by atoms with Gasteiger partial charge in [0.25, 0.3) is 0 Å². The van der Waals surface area contributed by atoms with Gasteiger partial charge in [0.2, 0.25) is 5.89 Å². The van der Waals surface area contributed by atoms with E-state index in [9.17, 15) is 4.79 Å². The van der Waals surface area contributed by atoms with E-state index in [-0.39, 0.29) is 12.5 Å². The fourth-order valence-electron chi connectivity index (χ4n) is 1.57. The molecule has 0 spiro atoms. The van der Waals surface area contributed by atoms with Gasteiger partial charge in [-0.2, -0.15) is 0 Å². The van der Waals surface area contributed by atoms with E-state index in [4.69, 9.17) is 9.15 Å². The number of ether oxygens (including phenoxy) is 1. The Labute approximate surface area is 105 Å². The van der Waals surface area contributed by atoms with E-state index < -0.39 is 5.97 Å². The van der Waals surface area contributed by atoms with E-state index in [1.807, 2.05) is 32.0 Å². The fourth-order valence-corrected chi connectivity index (χ4v) is 1.57. The largest absolute Gasteiger partial charge is 0.459 e. The number of esters is 1. The molecular weight excluding hydrogens is 232 g/mol. The predicted octanol–water partition coefficient (Wildman–Crippen LogP) is 2.53. The van der Waals surface area contributed by atoms with Gasteiger partial charge in [-0.3, -0.25) is 0 Å². The maximum absolute atomic E-state index is 11.4. The predicted molar refractivity (Wildman–Crippen MR) is 65.2 cm³/mol. The Morgan fingerprint density at radius 2 is 2.11 bits per heavy atom. The molecule has 94 valence electrons. The van der Waals surface area contributed by atoms with Crippen LogP contribution in [-0.2, 0) is 4.74 Å². The van der Waals surface area contributed by atoms with Crippen LogP contribution in [0.2, 0.25) is 0 Å². The Bertz CT molecular complexity index is 575. The summed E-state index contributed by atoms with van der Waals surface area (Å²) in [5.41, 5.74) is 2.93. The number of hydrogen-bond acceptors (Lipinski definition) is 5. The number of aryl methyl sites for hydroxylation is 2. The monoisotopic (exact) mass is 246 g/mol. The van der Waals surface area contributed by atoms with Crippen molar-refractivity contribution in [2.75, 3.05) is 6.61 Å². The van der Waals surface area contributed by atoms with Crippen molar-refractivity contribution < 1.29 is 13.9 Å². The number of aromatic nitrogens is 2. The lowest BCUT2D eigenvalue weighted by Gasteiger charge is -2.01. The zero-order valence-corrected chi connectivity index (χ0v) is 10.6. The molecule has 0 fully saturated rings. The van der Waals surface area contributed by atoms with E-state index in [1.165, 1.54) is 0 Å². The Balaban J connectivity index is 2.35. The van der Waals surface area contributed by atoms with Crippen LogP contribution >= 0.6 is 0 Å². The summed E-state index contributed by atoms with van der Waals surface area (Å²) in [5, 5.41) is 7.56. The van der Waals surface area contributed by atoms with Gasteiger partial charge in [-0.15, -0.1) is 10.2 Å². The summed E-state index contributed by atoms with van der Waals surface area (Å²) in [7, 11) is 0. The molecule has 0 atom stereocenters. The SMILES string of the molecule is CCOC(=O)c1nnc(-c2cc(C)ccc2C)o1. The molecule has 0 N–H and O–H groups in total. The van der Waals surface area contributed by atoms with E-state index in [1.54, 1.807) is 6.92 Å². The third-order valence-corrected chi connectivity index (χ3v) is 2.50. The van der Waals surface area contributed by atoms with Gasteiger partial charge in [0.15, 0.2) is 0 Å². The molecule has 18 heavy (non-hydrogen) atoms. The highest BCUT2D eigenvalue weighted by molar-refractivity contribution is 5.84. The highest BCUT2D eigenvalue weighted by Crippen LogP contribution is 2.23. The molecular formula is C13H14N2O3. The smallest absolute Gasteiger partial charge is 0.396 e. The van der Waals surface area contributed by atoms with Gasteiger partial charge in [-0.25, -0.2) is 4.79 Å². The number of carbonyl (C=O) groups excluding carboxylic acids is 1. The van der Waals surface area contributed by atoms with Gasteiger partial charge < -0.3 is 9.15 Å².